The van der Waals surface area contributed by atoms with Gasteiger partial charge < -0.3 is 0 Å². The van der Waals surface area contributed by atoms with Gasteiger partial charge in [-0.2, -0.15) is 15.3 Å². The van der Waals surface area contributed by atoms with Gasteiger partial charge in [-0.15, -0.1) is 0 Å². The molecular weight excluding hydrogens is 328 g/mol. The van der Waals surface area contributed by atoms with Crippen molar-refractivity contribution in [1.82, 2.24) is 25.4 Å². The molecule has 7 heteroatoms. The molecular formula is C19H22N6O. The van der Waals surface area contributed by atoms with Gasteiger partial charge in [-0.25, -0.2) is 10.1 Å². The molecule has 0 bridgehead atoms. The first-order valence-corrected chi connectivity index (χ1v) is 8.47. The van der Waals surface area contributed by atoms with Gasteiger partial charge in [-0.1, -0.05) is 32.0 Å². The molecule has 0 spiro atoms. The number of hydrogen-bond acceptors (Lipinski definition) is 4. The van der Waals surface area contributed by atoms with E-state index in [4.69, 9.17) is 0 Å². The predicted octanol–water partition coefficient (Wildman–Crippen LogP) is 3.10. The van der Waals surface area contributed by atoms with Crippen molar-refractivity contribution in [3.8, 4) is 5.69 Å². The van der Waals surface area contributed by atoms with Gasteiger partial charge in [0.2, 0.25) is 0 Å². The molecule has 0 fully saturated rings. The van der Waals surface area contributed by atoms with Gasteiger partial charge in [0.25, 0.3) is 5.91 Å². The Hall–Kier alpha value is -3.22. The fourth-order valence-electron chi connectivity index (χ4n) is 2.62. The number of aromatic nitrogens is 4. The first-order valence-electron chi connectivity index (χ1n) is 8.47. The van der Waals surface area contributed by atoms with Crippen molar-refractivity contribution in [2.24, 2.45) is 5.10 Å². The Morgan fingerprint density at radius 2 is 2.00 bits per heavy atom. The van der Waals surface area contributed by atoms with Crippen LogP contribution in [0.4, 0.5) is 0 Å². The number of rotatable bonds is 5. The van der Waals surface area contributed by atoms with Crippen LogP contribution in [0.2, 0.25) is 0 Å². The minimum atomic E-state index is -0.352. The molecule has 3 rings (SSSR count). The molecule has 0 aliphatic heterocycles. The average molecular weight is 350 g/mol. The number of benzene rings is 1. The minimum absolute atomic E-state index is 0.279. The number of H-pyrrole nitrogens is 1. The minimum Gasteiger partial charge on any atom is -0.282 e. The highest BCUT2D eigenvalue weighted by atomic mass is 16.2. The van der Waals surface area contributed by atoms with E-state index in [2.05, 4.69) is 25.8 Å². The molecule has 0 saturated heterocycles. The number of nitrogens with one attached hydrogen (secondary N) is 2. The summed E-state index contributed by atoms with van der Waals surface area (Å²) in [5.41, 5.74) is 7.39. The molecule has 0 radical (unpaired) electrons. The normalized spacial score (nSPS) is 11.4. The highest BCUT2D eigenvalue weighted by Gasteiger charge is 2.13. The first-order chi connectivity index (χ1) is 12.5. The largest absolute Gasteiger partial charge is 0.291 e. The maximum atomic E-state index is 12.1. The summed E-state index contributed by atoms with van der Waals surface area (Å²) in [5.74, 6) is -0.0724. The number of hydrogen-bond donors (Lipinski definition) is 2. The van der Waals surface area contributed by atoms with Gasteiger partial charge in [-0.3, -0.25) is 9.89 Å². The Balaban J connectivity index is 1.74. The quantitative estimate of drug-likeness (QED) is 0.547. The second kappa shape index (κ2) is 7.35. The molecule has 1 amide bonds. The van der Waals surface area contributed by atoms with Crippen molar-refractivity contribution in [2.75, 3.05) is 0 Å². The van der Waals surface area contributed by atoms with Gasteiger partial charge in [0.1, 0.15) is 0 Å². The van der Waals surface area contributed by atoms with Crippen LogP contribution in [0.1, 0.15) is 52.9 Å². The van der Waals surface area contributed by atoms with Crippen LogP contribution < -0.4 is 5.43 Å². The predicted molar refractivity (Wildman–Crippen MR) is 101 cm³/mol. The van der Waals surface area contributed by atoms with E-state index in [1.165, 1.54) is 0 Å². The Kier molecular flexibility index (Phi) is 4.97. The third kappa shape index (κ3) is 3.56. The molecule has 3 aromatic rings. The van der Waals surface area contributed by atoms with Gasteiger partial charge in [0, 0.05) is 11.3 Å². The van der Waals surface area contributed by atoms with E-state index < -0.39 is 0 Å². The van der Waals surface area contributed by atoms with E-state index in [1.807, 2.05) is 62.7 Å². The summed E-state index contributed by atoms with van der Waals surface area (Å²) >= 11 is 0. The van der Waals surface area contributed by atoms with Crippen molar-refractivity contribution in [1.29, 1.82) is 0 Å². The van der Waals surface area contributed by atoms with Gasteiger partial charge in [-0.05, 0) is 38.0 Å². The van der Waals surface area contributed by atoms with Crippen LogP contribution in [-0.2, 0) is 0 Å². The summed E-state index contributed by atoms with van der Waals surface area (Å²) in [6, 6.07) is 11.6. The van der Waals surface area contributed by atoms with E-state index >= 15 is 0 Å². The van der Waals surface area contributed by atoms with Crippen LogP contribution in [0.5, 0.6) is 0 Å². The number of carbonyl (C=O) groups is 1. The number of nitrogens with zero attached hydrogens (tertiary/aromatic N) is 4. The van der Waals surface area contributed by atoms with E-state index in [1.54, 1.807) is 12.3 Å². The Morgan fingerprint density at radius 3 is 2.65 bits per heavy atom. The zero-order valence-electron chi connectivity index (χ0n) is 15.3. The molecule has 0 unspecified atom stereocenters. The Bertz CT molecular complexity index is 936. The van der Waals surface area contributed by atoms with E-state index in [0.29, 0.717) is 5.69 Å². The van der Waals surface area contributed by atoms with Crippen LogP contribution in [0.15, 0.2) is 41.5 Å². The smallest absolute Gasteiger partial charge is 0.282 e. The topological polar surface area (TPSA) is 88.0 Å². The van der Waals surface area contributed by atoms with Crippen molar-refractivity contribution in [3.05, 3.63) is 64.7 Å². The van der Waals surface area contributed by atoms with Gasteiger partial charge in [0.05, 0.1) is 23.3 Å². The van der Waals surface area contributed by atoms with Crippen molar-refractivity contribution in [2.45, 2.75) is 33.6 Å². The van der Waals surface area contributed by atoms with Crippen LogP contribution in [0.3, 0.4) is 0 Å². The van der Waals surface area contributed by atoms with E-state index in [0.717, 1.165) is 28.3 Å². The molecule has 1 aromatic carbocycles. The highest BCUT2D eigenvalue weighted by Crippen LogP contribution is 2.16. The number of amides is 1. The van der Waals surface area contributed by atoms with Crippen molar-refractivity contribution >= 4 is 12.1 Å². The Labute approximate surface area is 152 Å². The maximum absolute atomic E-state index is 12.1. The monoisotopic (exact) mass is 350 g/mol. The van der Waals surface area contributed by atoms with Gasteiger partial charge >= 0.3 is 0 Å². The summed E-state index contributed by atoms with van der Waals surface area (Å²) in [6.07, 6.45) is 1.62. The van der Waals surface area contributed by atoms with Crippen LogP contribution in [0.25, 0.3) is 5.69 Å². The molecule has 0 atom stereocenters. The Morgan fingerprint density at radius 1 is 1.27 bits per heavy atom. The average Bonchev–Trinajstić information content (AvgIpc) is 3.23. The molecule has 2 heterocycles. The number of aryl methyl sites for hydroxylation is 1. The number of para-hydroxylation sites is 1. The number of carbonyl (C=O) groups excluding carboxylic acids is 1. The van der Waals surface area contributed by atoms with Crippen molar-refractivity contribution < 1.29 is 4.79 Å². The number of hydrazone groups is 1. The fraction of sp³-hybridized carbons (Fsp3) is 0.263. The zero-order chi connectivity index (χ0) is 18.7. The second-order valence-electron chi connectivity index (χ2n) is 6.39. The zero-order valence-corrected chi connectivity index (χ0v) is 15.3. The lowest BCUT2D eigenvalue weighted by molar-refractivity contribution is 0.0950. The third-order valence-corrected chi connectivity index (χ3v) is 4.16. The fourth-order valence-corrected chi connectivity index (χ4v) is 2.62. The molecule has 2 N–H and O–H groups in total. The third-order valence-electron chi connectivity index (χ3n) is 4.16. The summed E-state index contributed by atoms with van der Waals surface area (Å²) < 4.78 is 1.86. The molecule has 0 saturated carbocycles. The highest BCUT2D eigenvalue weighted by molar-refractivity contribution is 5.93. The lowest BCUT2D eigenvalue weighted by Gasteiger charge is -2.03. The standard InChI is InChI=1S/C19H22N6O/c1-12(2)17-10-18(22-21-17)19(26)23-20-11-16-13(3)24-25(14(16)4)15-8-6-5-7-9-15/h5-12H,1-4H3,(H,21,22)(H,23,26)/b20-11+. The molecule has 26 heavy (non-hydrogen) atoms. The molecule has 2 aromatic heterocycles. The van der Waals surface area contributed by atoms with Gasteiger partial charge in [0.15, 0.2) is 5.69 Å². The molecule has 0 aliphatic rings. The number of aromatic amines is 1. The maximum Gasteiger partial charge on any atom is 0.291 e. The lowest BCUT2D eigenvalue weighted by atomic mass is 10.1. The SMILES string of the molecule is Cc1nn(-c2ccccc2)c(C)c1/C=N/NC(=O)c1cc(C(C)C)[nH]n1. The summed E-state index contributed by atoms with van der Waals surface area (Å²) in [4.78, 5) is 12.1. The molecule has 7 nitrogen and oxygen atoms in total. The van der Waals surface area contributed by atoms with E-state index in [-0.39, 0.29) is 11.8 Å². The first kappa shape index (κ1) is 17.6. The van der Waals surface area contributed by atoms with E-state index in [9.17, 15) is 4.79 Å². The summed E-state index contributed by atoms with van der Waals surface area (Å²) in [5, 5.41) is 15.5. The molecule has 0 aliphatic carbocycles. The van der Waals surface area contributed by atoms with Crippen molar-refractivity contribution in [3.63, 3.8) is 0 Å². The molecule has 134 valence electrons. The summed E-state index contributed by atoms with van der Waals surface area (Å²) in [7, 11) is 0. The van der Waals surface area contributed by atoms with Crippen LogP contribution in [-0.4, -0.2) is 32.1 Å². The summed E-state index contributed by atoms with van der Waals surface area (Å²) in [6.45, 7) is 7.95. The lowest BCUT2D eigenvalue weighted by Crippen LogP contribution is -2.18. The van der Waals surface area contributed by atoms with Crippen LogP contribution in [0, 0.1) is 13.8 Å². The van der Waals surface area contributed by atoms with Crippen LogP contribution >= 0.6 is 0 Å². The second-order valence-corrected chi connectivity index (χ2v) is 6.39.